The molecule has 1 saturated carbocycles. The number of likely N-dealkylation sites (tertiary alicyclic amines) is 1. The Morgan fingerprint density at radius 1 is 0.929 bits per heavy atom. The highest BCUT2D eigenvalue weighted by Crippen LogP contribution is 2.50. The van der Waals surface area contributed by atoms with Crippen LogP contribution in [0.15, 0.2) is 35.3 Å². The smallest absolute Gasteiger partial charge is 0.127 e. The molecule has 1 aromatic rings. The summed E-state index contributed by atoms with van der Waals surface area (Å²) in [4.78, 5) is 11.5. The molecule has 4 heteroatoms. The number of para-hydroxylation sites is 1. The molecule has 3 fully saturated rings. The summed E-state index contributed by atoms with van der Waals surface area (Å²) in [5, 5.41) is 0. The zero-order valence-electron chi connectivity index (χ0n) is 17.8. The van der Waals surface area contributed by atoms with E-state index in [0.717, 1.165) is 4.99 Å². The lowest BCUT2D eigenvalue weighted by Crippen LogP contribution is -2.53. The summed E-state index contributed by atoms with van der Waals surface area (Å²) in [6, 6.07) is 11.0. The number of nitrogens with zero attached hydrogens (tertiary/aromatic N) is 3. The van der Waals surface area contributed by atoms with E-state index in [1.165, 1.54) is 76.0 Å². The molecule has 1 spiro atoms. The lowest BCUT2D eigenvalue weighted by atomic mass is 9.69. The number of anilines is 1. The maximum atomic E-state index is 6.29. The number of aliphatic imine (C=N–C) groups is 1. The van der Waals surface area contributed by atoms with Crippen molar-refractivity contribution >= 4 is 28.7 Å². The van der Waals surface area contributed by atoms with Crippen LogP contribution in [0.3, 0.4) is 0 Å². The van der Waals surface area contributed by atoms with E-state index in [1.807, 2.05) is 0 Å². The lowest BCUT2D eigenvalue weighted by molar-refractivity contribution is 0.112. The first kappa shape index (κ1) is 20.0. The first-order chi connectivity index (χ1) is 13.4. The highest BCUT2D eigenvalue weighted by Gasteiger charge is 2.57. The van der Waals surface area contributed by atoms with Crippen LogP contribution in [0.25, 0.3) is 0 Å². The van der Waals surface area contributed by atoms with Gasteiger partial charge in [0.1, 0.15) is 5.84 Å². The van der Waals surface area contributed by atoms with Crippen molar-refractivity contribution in [3.63, 3.8) is 0 Å². The van der Waals surface area contributed by atoms with Gasteiger partial charge in [0, 0.05) is 11.1 Å². The summed E-state index contributed by atoms with van der Waals surface area (Å²) in [6.45, 7) is 9.00. The predicted molar refractivity (Wildman–Crippen MR) is 123 cm³/mol. The average molecular weight is 398 g/mol. The minimum atomic E-state index is -0.119. The van der Waals surface area contributed by atoms with Gasteiger partial charge in [-0.1, -0.05) is 56.1 Å². The maximum Gasteiger partial charge on any atom is 0.127 e. The SMILES string of the molecule is CC(C)(C)N=C1[C@H](N2CCCCC2)C2(CCCCC2)C(=S)N1c1ccccc1. The zero-order valence-corrected chi connectivity index (χ0v) is 18.6. The van der Waals surface area contributed by atoms with Crippen molar-refractivity contribution in [1.29, 1.82) is 0 Å². The quantitative estimate of drug-likeness (QED) is 0.585. The van der Waals surface area contributed by atoms with Crippen LogP contribution in [0.5, 0.6) is 0 Å². The predicted octanol–water partition coefficient (Wildman–Crippen LogP) is 5.84. The van der Waals surface area contributed by atoms with Crippen molar-refractivity contribution < 1.29 is 0 Å². The van der Waals surface area contributed by atoms with E-state index in [-0.39, 0.29) is 11.0 Å². The van der Waals surface area contributed by atoms with Gasteiger partial charge in [0.2, 0.25) is 0 Å². The molecule has 1 atom stereocenters. The standard InChI is InChI=1S/C24H35N3S/c1-23(2,3)25-21-20(26-17-11-6-12-18-26)24(15-9-5-10-16-24)22(28)27(21)19-13-7-4-8-14-19/h4,7-8,13-14,20H,5-6,9-12,15-18H2,1-3H3/t20-/m0/s1. The van der Waals surface area contributed by atoms with E-state index < -0.39 is 0 Å². The minimum Gasteiger partial charge on any atom is -0.293 e. The molecule has 3 nitrogen and oxygen atoms in total. The van der Waals surface area contributed by atoms with Gasteiger partial charge >= 0.3 is 0 Å². The topological polar surface area (TPSA) is 18.8 Å². The van der Waals surface area contributed by atoms with E-state index >= 15 is 0 Å². The van der Waals surface area contributed by atoms with Crippen LogP contribution < -0.4 is 4.90 Å². The molecule has 0 bridgehead atoms. The minimum absolute atomic E-state index is 0.0743. The molecular formula is C24H35N3S. The monoisotopic (exact) mass is 397 g/mol. The number of thiocarbonyl (C=S) groups is 1. The second kappa shape index (κ2) is 7.87. The number of rotatable bonds is 2. The molecule has 3 aliphatic rings. The lowest BCUT2D eigenvalue weighted by Gasteiger charge is -2.44. The Bertz CT molecular complexity index is 722. The first-order valence-corrected chi connectivity index (χ1v) is 11.6. The van der Waals surface area contributed by atoms with E-state index in [0.29, 0.717) is 6.04 Å². The van der Waals surface area contributed by atoms with Gasteiger partial charge in [0.05, 0.1) is 16.6 Å². The number of hydrogen-bond donors (Lipinski definition) is 0. The van der Waals surface area contributed by atoms with Gasteiger partial charge in [0.25, 0.3) is 0 Å². The maximum absolute atomic E-state index is 6.29. The number of hydrogen-bond acceptors (Lipinski definition) is 3. The van der Waals surface area contributed by atoms with Crippen LogP contribution >= 0.6 is 12.2 Å². The molecule has 2 aliphatic heterocycles. The van der Waals surface area contributed by atoms with Crippen LogP contribution in [0.2, 0.25) is 0 Å². The molecule has 0 N–H and O–H groups in total. The van der Waals surface area contributed by atoms with Crippen molar-refractivity contribution in [3.05, 3.63) is 30.3 Å². The summed E-state index contributed by atoms with van der Waals surface area (Å²) in [5.74, 6) is 1.20. The molecular weight excluding hydrogens is 362 g/mol. The third-order valence-electron chi connectivity index (χ3n) is 6.59. The molecule has 28 heavy (non-hydrogen) atoms. The van der Waals surface area contributed by atoms with Crippen molar-refractivity contribution in [2.24, 2.45) is 10.4 Å². The first-order valence-electron chi connectivity index (χ1n) is 11.2. The third kappa shape index (κ3) is 3.66. The van der Waals surface area contributed by atoms with Gasteiger partial charge < -0.3 is 0 Å². The van der Waals surface area contributed by atoms with Gasteiger partial charge in [-0.25, -0.2) is 0 Å². The van der Waals surface area contributed by atoms with Gasteiger partial charge in [-0.2, -0.15) is 0 Å². The second-order valence-electron chi connectivity index (χ2n) is 9.83. The number of amidine groups is 1. The second-order valence-corrected chi connectivity index (χ2v) is 10.2. The molecule has 2 heterocycles. The summed E-state index contributed by atoms with van der Waals surface area (Å²) < 4.78 is 0. The largest absolute Gasteiger partial charge is 0.293 e. The van der Waals surface area contributed by atoms with Crippen molar-refractivity contribution in [2.45, 2.75) is 83.7 Å². The Morgan fingerprint density at radius 2 is 1.54 bits per heavy atom. The van der Waals surface area contributed by atoms with Gasteiger partial charge in [-0.3, -0.25) is 14.8 Å². The zero-order chi connectivity index (χ0) is 19.8. The Kier molecular flexibility index (Phi) is 5.63. The van der Waals surface area contributed by atoms with Crippen LogP contribution in [0.4, 0.5) is 5.69 Å². The Morgan fingerprint density at radius 3 is 2.14 bits per heavy atom. The van der Waals surface area contributed by atoms with Crippen LogP contribution in [-0.2, 0) is 0 Å². The van der Waals surface area contributed by atoms with Gasteiger partial charge in [-0.15, -0.1) is 0 Å². The van der Waals surface area contributed by atoms with Crippen molar-refractivity contribution in [3.8, 4) is 0 Å². The van der Waals surface area contributed by atoms with Crippen molar-refractivity contribution in [2.75, 3.05) is 18.0 Å². The summed E-state index contributed by atoms with van der Waals surface area (Å²) >= 11 is 6.29. The van der Waals surface area contributed by atoms with Gasteiger partial charge in [-0.05, 0) is 71.7 Å². The molecule has 0 radical (unpaired) electrons. The Hall–Kier alpha value is -1.26. The van der Waals surface area contributed by atoms with E-state index in [9.17, 15) is 0 Å². The van der Waals surface area contributed by atoms with E-state index in [2.05, 4.69) is 60.9 Å². The highest BCUT2D eigenvalue weighted by atomic mass is 32.1. The average Bonchev–Trinajstić information content (AvgIpc) is 2.90. The summed E-state index contributed by atoms with van der Waals surface area (Å²) in [6.07, 6.45) is 10.3. The molecule has 1 aliphatic carbocycles. The molecule has 1 aromatic carbocycles. The van der Waals surface area contributed by atoms with E-state index in [4.69, 9.17) is 17.2 Å². The molecule has 0 aromatic heterocycles. The van der Waals surface area contributed by atoms with Crippen LogP contribution in [0, 0.1) is 5.41 Å². The fraction of sp³-hybridized carbons (Fsp3) is 0.667. The number of piperidine rings is 1. The Balaban J connectivity index is 1.87. The summed E-state index contributed by atoms with van der Waals surface area (Å²) in [7, 11) is 0. The van der Waals surface area contributed by atoms with Crippen molar-refractivity contribution in [1.82, 2.24) is 4.90 Å². The number of benzene rings is 1. The molecule has 4 rings (SSSR count). The molecule has 0 unspecified atom stereocenters. The fourth-order valence-electron chi connectivity index (χ4n) is 5.45. The third-order valence-corrected chi connectivity index (χ3v) is 7.18. The summed E-state index contributed by atoms with van der Waals surface area (Å²) in [5.41, 5.74) is 1.14. The molecule has 2 saturated heterocycles. The van der Waals surface area contributed by atoms with Crippen LogP contribution in [-0.4, -0.2) is 40.4 Å². The van der Waals surface area contributed by atoms with Gasteiger partial charge in [0.15, 0.2) is 0 Å². The normalized spacial score (nSPS) is 27.7. The molecule has 152 valence electrons. The highest BCUT2D eigenvalue weighted by molar-refractivity contribution is 7.80. The Labute approximate surface area is 176 Å². The molecule has 0 amide bonds. The fourth-order valence-corrected chi connectivity index (χ4v) is 5.97. The van der Waals surface area contributed by atoms with E-state index in [1.54, 1.807) is 0 Å². The van der Waals surface area contributed by atoms with Crippen LogP contribution in [0.1, 0.15) is 72.1 Å².